The third-order valence-electron chi connectivity index (χ3n) is 6.36. The number of hydrogen-bond donors (Lipinski definition) is 0. The van der Waals surface area contributed by atoms with E-state index in [1.807, 2.05) is 48.1 Å². The van der Waals surface area contributed by atoms with Crippen molar-refractivity contribution in [3.63, 3.8) is 0 Å². The molecule has 32 heavy (non-hydrogen) atoms. The molecular weight excluding hydrogens is 404 g/mol. The molecule has 0 aliphatic carbocycles. The van der Waals surface area contributed by atoms with Crippen molar-refractivity contribution in [1.82, 2.24) is 19.7 Å². The molecule has 4 aromatic rings. The molecular formula is C25H26N4O3. The van der Waals surface area contributed by atoms with Gasteiger partial charge in [-0.25, -0.2) is 4.98 Å². The summed E-state index contributed by atoms with van der Waals surface area (Å²) in [5.74, 6) is 2.86. The van der Waals surface area contributed by atoms with Gasteiger partial charge in [0.25, 0.3) is 0 Å². The van der Waals surface area contributed by atoms with Gasteiger partial charge in [0, 0.05) is 36.8 Å². The van der Waals surface area contributed by atoms with E-state index in [4.69, 9.17) is 24.0 Å². The smallest absolute Gasteiger partial charge is 0.198 e. The van der Waals surface area contributed by atoms with E-state index in [2.05, 4.69) is 17.2 Å². The van der Waals surface area contributed by atoms with Crippen LogP contribution in [0.25, 0.3) is 22.4 Å². The summed E-state index contributed by atoms with van der Waals surface area (Å²) in [6.45, 7) is 4.08. The average molecular weight is 431 g/mol. The fourth-order valence-electron chi connectivity index (χ4n) is 4.73. The van der Waals surface area contributed by atoms with Crippen LogP contribution in [-0.2, 0) is 13.6 Å². The van der Waals surface area contributed by atoms with Crippen LogP contribution in [0.5, 0.6) is 11.5 Å². The largest absolute Gasteiger partial charge is 0.486 e. The number of piperidine rings is 1. The number of fused-ring (bicyclic) bond motifs is 2. The molecule has 4 heterocycles. The Labute approximate surface area is 186 Å². The Morgan fingerprint density at radius 3 is 2.66 bits per heavy atom. The van der Waals surface area contributed by atoms with Crippen LogP contribution in [-0.4, -0.2) is 46.0 Å². The molecule has 0 saturated carbocycles. The summed E-state index contributed by atoms with van der Waals surface area (Å²) in [6.07, 6.45) is 4.22. The first-order valence-corrected chi connectivity index (χ1v) is 11.2. The van der Waals surface area contributed by atoms with Crippen LogP contribution in [0.3, 0.4) is 0 Å². The van der Waals surface area contributed by atoms with Crippen LogP contribution >= 0.6 is 0 Å². The third-order valence-corrected chi connectivity index (χ3v) is 6.36. The Hall–Kier alpha value is -3.32. The van der Waals surface area contributed by atoms with E-state index >= 15 is 0 Å². The Balaban J connectivity index is 1.16. The van der Waals surface area contributed by atoms with Crippen molar-refractivity contribution in [3.8, 4) is 22.8 Å². The molecule has 0 radical (unpaired) electrons. The number of aromatic nitrogens is 3. The molecule has 2 aliphatic rings. The van der Waals surface area contributed by atoms with E-state index in [9.17, 15) is 0 Å². The first-order valence-electron chi connectivity index (χ1n) is 11.2. The number of nitrogens with zero attached hydrogens (tertiary/aromatic N) is 4. The summed E-state index contributed by atoms with van der Waals surface area (Å²) in [5, 5.41) is 4.75. The van der Waals surface area contributed by atoms with Crippen molar-refractivity contribution in [2.24, 2.45) is 7.05 Å². The highest BCUT2D eigenvalue weighted by Crippen LogP contribution is 2.36. The molecule has 0 unspecified atom stereocenters. The fourth-order valence-corrected chi connectivity index (χ4v) is 4.73. The molecule has 6 rings (SSSR count). The molecule has 1 fully saturated rings. The highest BCUT2D eigenvalue weighted by Gasteiger charge is 2.26. The van der Waals surface area contributed by atoms with Crippen molar-refractivity contribution < 1.29 is 13.9 Å². The first kappa shape index (κ1) is 19.4. The number of para-hydroxylation sites is 2. The first-order chi connectivity index (χ1) is 15.7. The predicted molar refractivity (Wildman–Crippen MR) is 121 cm³/mol. The van der Waals surface area contributed by atoms with E-state index in [0.29, 0.717) is 19.1 Å². The van der Waals surface area contributed by atoms with Gasteiger partial charge in [0.05, 0.1) is 5.69 Å². The number of ether oxygens (including phenoxy) is 2. The average Bonchev–Trinajstić information content (AvgIpc) is 3.42. The Morgan fingerprint density at radius 2 is 1.81 bits per heavy atom. The molecule has 7 heteroatoms. The summed E-state index contributed by atoms with van der Waals surface area (Å²) in [5.41, 5.74) is 5.12. The van der Waals surface area contributed by atoms with Crippen LogP contribution in [0.4, 0.5) is 0 Å². The molecule has 1 saturated heterocycles. The topological polar surface area (TPSA) is 65.6 Å². The van der Waals surface area contributed by atoms with E-state index in [1.165, 1.54) is 5.56 Å². The molecule has 0 N–H and O–H groups in total. The summed E-state index contributed by atoms with van der Waals surface area (Å²) >= 11 is 0. The minimum Gasteiger partial charge on any atom is -0.486 e. The maximum absolute atomic E-state index is 6.02. The number of hydrogen-bond acceptors (Lipinski definition) is 6. The monoisotopic (exact) mass is 430 g/mol. The molecule has 0 bridgehead atoms. The van der Waals surface area contributed by atoms with Crippen molar-refractivity contribution in [3.05, 3.63) is 60.1 Å². The standard InChI is InChI=1S/C25H26N4O3/c1-28-15-19(24(27-28)18-6-7-22-23(14-18)31-13-12-30-22)16-29-10-8-17(9-11-29)25-26-20-4-2-3-5-21(20)32-25/h2-7,14-15,17H,8-13,16H2,1H3. The number of benzene rings is 2. The van der Waals surface area contributed by atoms with E-state index < -0.39 is 0 Å². The highest BCUT2D eigenvalue weighted by molar-refractivity contribution is 5.72. The van der Waals surface area contributed by atoms with Gasteiger partial charge in [-0.3, -0.25) is 9.58 Å². The van der Waals surface area contributed by atoms with Gasteiger partial charge in [-0.2, -0.15) is 5.10 Å². The van der Waals surface area contributed by atoms with Gasteiger partial charge in [-0.1, -0.05) is 12.1 Å². The lowest BCUT2D eigenvalue weighted by Gasteiger charge is -2.30. The van der Waals surface area contributed by atoms with Crippen LogP contribution in [0.2, 0.25) is 0 Å². The lowest BCUT2D eigenvalue weighted by Crippen LogP contribution is -2.32. The highest BCUT2D eigenvalue weighted by atomic mass is 16.6. The Bertz CT molecular complexity index is 1220. The van der Waals surface area contributed by atoms with Crippen molar-refractivity contribution >= 4 is 11.1 Å². The number of rotatable bonds is 4. The second-order valence-electron chi connectivity index (χ2n) is 8.61. The normalized spacial score (nSPS) is 17.2. The van der Waals surface area contributed by atoms with Crippen LogP contribution < -0.4 is 9.47 Å². The van der Waals surface area contributed by atoms with Crippen LogP contribution in [0, 0.1) is 0 Å². The van der Waals surface area contributed by atoms with Gasteiger partial charge in [-0.15, -0.1) is 0 Å². The Kier molecular flexibility index (Phi) is 4.83. The lowest BCUT2D eigenvalue weighted by atomic mass is 9.96. The van der Waals surface area contributed by atoms with E-state index in [1.54, 1.807) is 0 Å². The molecule has 2 aromatic heterocycles. The van der Waals surface area contributed by atoms with Gasteiger partial charge in [0.1, 0.15) is 18.7 Å². The van der Waals surface area contributed by atoms with Crippen molar-refractivity contribution in [1.29, 1.82) is 0 Å². The quantitative estimate of drug-likeness (QED) is 0.479. The summed E-state index contributed by atoms with van der Waals surface area (Å²) < 4.78 is 19.4. The summed E-state index contributed by atoms with van der Waals surface area (Å²) in [6, 6.07) is 14.1. The SMILES string of the molecule is Cn1cc(CN2CCC(c3nc4ccccc4o3)CC2)c(-c2ccc3c(c2)OCCO3)n1. The van der Waals surface area contributed by atoms with Gasteiger partial charge < -0.3 is 13.9 Å². The Morgan fingerprint density at radius 1 is 1.00 bits per heavy atom. The summed E-state index contributed by atoms with van der Waals surface area (Å²) in [4.78, 5) is 7.21. The maximum atomic E-state index is 6.02. The molecule has 0 amide bonds. The molecule has 0 spiro atoms. The fraction of sp³-hybridized carbons (Fsp3) is 0.360. The van der Waals surface area contributed by atoms with Crippen molar-refractivity contribution in [2.75, 3.05) is 26.3 Å². The number of aryl methyl sites for hydroxylation is 1. The third kappa shape index (κ3) is 3.62. The second kappa shape index (κ2) is 7.98. The number of oxazole rings is 1. The summed E-state index contributed by atoms with van der Waals surface area (Å²) in [7, 11) is 1.98. The molecule has 7 nitrogen and oxygen atoms in total. The molecule has 2 aliphatic heterocycles. The predicted octanol–water partition coefficient (Wildman–Crippen LogP) is 4.38. The van der Waals surface area contributed by atoms with Crippen LogP contribution in [0.1, 0.15) is 30.2 Å². The second-order valence-corrected chi connectivity index (χ2v) is 8.61. The van der Waals surface area contributed by atoms with Crippen LogP contribution in [0.15, 0.2) is 53.1 Å². The molecule has 2 aromatic carbocycles. The van der Waals surface area contributed by atoms with Gasteiger partial charge in [-0.05, 0) is 56.3 Å². The van der Waals surface area contributed by atoms with E-state index in [0.717, 1.165) is 72.2 Å². The zero-order valence-corrected chi connectivity index (χ0v) is 18.2. The van der Waals surface area contributed by atoms with Gasteiger partial charge in [0.15, 0.2) is 23.0 Å². The zero-order valence-electron chi connectivity index (χ0n) is 18.2. The maximum Gasteiger partial charge on any atom is 0.198 e. The van der Waals surface area contributed by atoms with Gasteiger partial charge in [0.2, 0.25) is 0 Å². The molecule has 0 atom stereocenters. The molecule has 164 valence electrons. The van der Waals surface area contributed by atoms with Crippen molar-refractivity contribution in [2.45, 2.75) is 25.3 Å². The lowest BCUT2D eigenvalue weighted by molar-refractivity contribution is 0.171. The minimum atomic E-state index is 0.379. The number of likely N-dealkylation sites (tertiary alicyclic amines) is 1. The minimum absolute atomic E-state index is 0.379. The zero-order chi connectivity index (χ0) is 21.5. The van der Waals surface area contributed by atoms with E-state index in [-0.39, 0.29) is 0 Å². The van der Waals surface area contributed by atoms with Gasteiger partial charge >= 0.3 is 0 Å².